The van der Waals surface area contributed by atoms with Crippen LogP contribution < -0.4 is 10.5 Å². The number of hydrogen-bond acceptors (Lipinski definition) is 3. The van der Waals surface area contributed by atoms with Crippen LogP contribution in [0.3, 0.4) is 0 Å². The Morgan fingerprint density at radius 1 is 1.20 bits per heavy atom. The molecule has 0 radical (unpaired) electrons. The van der Waals surface area contributed by atoms with Crippen molar-refractivity contribution in [2.75, 3.05) is 25.9 Å². The third-order valence-electron chi connectivity index (χ3n) is 4.44. The lowest BCUT2D eigenvalue weighted by atomic mass is 9.85. The van der Waals surface area contributed by atoms with E-state index in [1.165, 1.54) is 25.7 Å². The number of nitrogens with two attached hydrogens (primary N) is 1. The highest BCUT2D eigenvalue weighted by molar-refractivity contribution is 5.41. The van der Waals surface area contributed by atoms with Gasteiger partial charge in [-0.1, -0.05) is 19.8 Å². The average Bonchev–Trinajstić information content (AvgIpc) is 2.46. The fraction of sp³-hybridized carbons (Fsp3) is 0.647. The second-order valence-corrected chi connectivity index (χ2v) is 6.08. The molecule has 20 heavy (non-hydrogen) atoms. The summed E-state index contributed by atoms with van der Waals surface area (Å²) >= 11 is 0. The van der Waals surface area contributed by atoms with Crippen molar-refractivity contribution in [3.05, 3.63) is 24.3 Å². The van der Waals surface area contributed by atoms with Gasteiger partial charge < -0.3 is 15.4 Å². The van der Waals surface area contributed by atoms with E-state index >= 15 is 0 Å². The molecule has 1 aromatic carbocycles. The van der Waals surface area contributed by atoms with E-state index in [1.807, 2.05) is 24.3 Å². The Balaban J connectivity index is 1.66. The molecule has 3 nitrogen and oxygen atoms in total. The van der Waals surface area contributed by atoms with Gasteiger partial charge in [0.2, 0.25) is 0 Å². The van der Waals surface area contributed by atoms with Crippen LogP contribution in [0.4, 0.5) is 5.69 Å². The lowest BCUT2D eigenvalue weighted by molar-refractivity contribution is 0.131. The smallest absolute Gasteiger partial charge is 0.119 e. The summed E-state index contributed by atoms with van der Waals surface area (Å²) < 4.78 is 5.74. The third kappa shape index (κ3) is 4.41. The van der Waals surface area contributed by atoms with Crippen LogP contribution in [0.25, 0.3) is 0 Å². The number of benzene rings is 1. The van der Waals surface area contributed by atoms with Gasteiger partial charge in [-0.25, -0.2) is 0 Å². The number of anilines is 1. The maximum Gasteiger partial charge on any atom is 0.119 e. The SMILES string of the molecule is CC1CCCCC1N(C)CCCOc1ccc(N)cc1. The van der Waals surface area contributed by atoms with Gasteiger partial charge in [0.05, 0.1) is 6.61 Å². The first-order valence-electron chi connectivity index (χ1n) is 7.85. The third-order valence-corrected chi connectivity index (χ3v) is 4.44. The highest BCUT2D eigenvalue weighted by atomic mass is 16.5. The van der Waals surface area contributed by atoms with Crippen molar-refractivity contribution in [3.63, 3.8) is 0 Å². The lowest BCUT2D eigenvalue weighted by Gasteiger charge is -2.36. The Morgan fingerprint density at radius 3 is 2.60 bits per heavy atom. The fourth-order valence-electron chi connectivity index (χ4n) is 3.19. The first kappa shape index (κ1) is 15.2. The summed E-state index contributed by atoms with van der Waals surface area (Å²) in [6.07, 6.45) is 6.62. The fourth-order valence-corrected chi connectivity index (χ4v) is 3.19. The normalized spacial score (nSPS) is 22.9. The van der Waals surface area contributed by atoms with Crippen LogP contribution in [-0.2, 0) is 0 Å². The summed E-state index contributed by atoms with van der Waals surface area (Å²) in [6.45, 7) is 4.28. The highest BCUT2D eigenvalue weighted by Crippen LogP contribution is 2.27. The Hall–Kier alpha value is -1.22. The number of rotatable bonds is 6. The molecule has 2 rings (SSSR count). The van der Waals surface area contributed by atoms with Crippen molar-refractivity contribution in [1.29, 1.82) is 0 Å². The van der Waals surface area contributed by atoms with E-state index in [-0.39, 0.29) is 0 Å². The van der Waals surface area contributed by atoms with Gasteiger partial charge in [-0.2, -0.15) is 0 Å². The van der Waals surface area contributed by atoms with Gasteiger partial charge in [-0.15, -0.1) is 0 Å². The summed E-state index contributed by atoms with van der Waals surface area (Å²) in [6, 6.07) is 8.39. The Labute approximate surface area is 123 Å². The van der Waals surface area contributed by atoms with Gasteiger partial charge in [0.15, 0.2) is 0 Å². The molecule has 112 valence electrons. The second kappa shape index (κ2) is 7.53. The first-order chi connectivity index (χ1) is 9.66. The van der Waals surface area contributed by atoms with Crippen LogP contribution in [-0.4, -0.2) is 31.1 Å². The minimum atomic E-state index is 0.764. The molecule has 1 fully saturated rings. The molecule has 0 amide bonds. The largest absolute Gasteiger partial charge is 0.494 e. The van der Waals surface area contributed by atoms with Crippen molar-refractivity contribution in [1.82, 2.24) is 4.90 Å². The molecule has 2 unspecified atom stereocenters. The molecule has 3 heteroatoms. The van der Waals surface area contributed by atoms with E-state index in [4.69, 9.17) is 10.5 Å². The average molecular weight is 276 g/mol. The summed E-state index contributed by atoms with van der Waals surface area (Å²) in [7, 11) is 2.26. The highest BCUT2D eigenvalue weighted by Gasteiger charge is 2.24. The van der Waals surface area contributed by atoms with E-state index in [2.05, 4.69) is 18.9 Å². The number of nitrogen functional groups attached to an aromatic ring is 1. The van der Waals surface area contributed by atoms with Crippen LogP contribution in [0.1, 0.15) is 39.0 Å². The molecule has 1 saturated carbocycles. The predicted octanol–water partition coefficient (Wildman–Crippen LogP) is 3.55. The Bertz CT molecular complexity index is 390. The van der Waals surface area contributed by atoms with Gasteiger partial charge in [-0.05, 0) is 56.5 Å². The zero-order chi connectivity index (χ0) is 14.4. The van der Waals surface area contributed by atoms with E-state index in [9.17, 15) is 0 Å². The van der Waals surface area contributed by atoms with Crippen LogP contribution in [0.2, 0.25) is 0 Å². The molecule has 0 aliphatic heterocycles. The minimum absolute atomic E-state index is 0.764. The Morgan fingerprint density at radius 2 is 1.90 bits per heavy atom. The van der Waals surface area contributed by atoms with Gasteiger partial charge in [0, 0.05) is 18.3 Å². The van der Waals surface area contributed by atoms with Gasteiger partial charge >= 0.3 is 0 Å². The molecule has 0 aromatic heterocycles. The molecule has 0 heterocycles. The number of ether oxygens (including phenoxy) is 1. The van der Waals surface area contributed by atoms with Crippen LogP contribution in [0.5, 0.6) is 5.75 Å². The first-order valence-corrected chi connectivity index (χ1v) is 7.85. The van der Waals surface area contributed by atoms with Crippen molar-refractivity contribution >= 4 is 5.69 Å². The Kier molecular flexibility index (Phi) is 5.72. The summed E-state index contributed by atoms with van der Waals surface area (Å²) in [4.78, 5) is 2.52. The van der Waals surface area contributed by atoms with E-state index < -0.39 is 0 Å². The van der Waals surface area contributed by atoms with E-state index in [0.29, 0.717) is 0 Å². The van der Waals surface area contributed by atoms with Crippen molar-refractivity contribution in [2.45, 2.75) is 45.1 Å². The second-order valence-electron chi connectivity index (χ2n) is 6.08. The quantitative estimate of drug-likeness (QED) is 0.638. The van der Waals surface area contributed by atoms with Crippen molar-refractivity contribution in [3.8, 4) is 5.75 Å². The lowest BCUT2D eigenvalue weighted by Crippen LogP contribution is -2.39. The van der Waals surface area contributed by atoms with Crippen LogP contribution >= 0.6 is 0 Å². The molecule has 0 bridgehead atoms. The summed E-state index contributed by atoms with van der Waals surface area (Å²) in [5.41, 5.74) is 6.44. The molecule has 2 N–H and O–H groups in total. The van der Waals surface area contributed by atoms with E-state index in [0.717, 1.165) is 43.0 Å². The topological polar surface area (TPSA) is 38.5 Å². The van der Waals surface area contributed by atoms with Crippen LogP contribution in [0, 0.1) is 5.92 Å². The van der Waals surface area contributed by atoms with Gasteiger partial charge in [0.1, 0.15) is 5.75 Å². The zero-order valence-electron chi connectivity index (χ0n) is 12.8. The number of nitrogens with zero attached hydrogens (tertiary/aromatic N) is 1. The van der Waals surface area contributed by atoms with E-state index in [1.54, 1.807) is 0 Å². The van der Waals surface area contributed by atoms with Crippen molar-refractivity contribution in [2.24, 2.45) is 5.92 Å². The molecule has 1 aromatic rings. The maximum absolute atomic E-state index is 5.74. The van der Waals surface area contributed by atoms with Crippen molar-refractivity contribution < 1.29 is 4.74 Å². The standard InChI is InChI=1S/C17H28N2O/c1-14-6-3-4-7-17(14)19(2)12-5-13-20-16-10-8-15(18)9-11-16/h8-11,14,17H,3-7,12-13,18H2,1-2H3. The van der Waals surface area contributed by atoms with Crippen LogP contribution in [0.15, 0.2) is 24.3 Å². The molecule has 1 aliphatic carbocycles. The molecule has 1 aliphatic rings. The molecule has 2 atom stereocenters. The maximum atomic E-state index is 5.74. The monoisotopic (exact) mass is 276 g/mol. The molecular formula is C17H28N2O. The number of hydrogen-bond donors (Lipinski definition) is 1. The zero-order valence-corrected chi connectivity index (χ0v) is 12.8. The van der Waals surface area contributed by atoms with Gasteiger partial charge in [0.25, 0.3) is 0 Å². The predicted molar refractivity (Wildman–Crippen MR) is 85.0 cm³/mol. The summed E-state index contributed by atoms with van der Waals surface area (Å²) in [5, 5.41) is 0. The molecular weight excluding hydrogens is 248 g/mol. The summed E-state index contributed by atoms with van der Waals surface area (Å²) in [5.74, 6) is 1.75. The van der Waals surface area contributed by atoms with Gasteiger partial charge in [-0.3, -0.25) is 0 Å². The molecule has 0 saturated heterocycles. The molecule has 0 spiro atoms. The minimum Gasteiger partial charge on any atom is -0.494 e.